The number of sulfonamides is 1. The van der Waals surface area contributed by atoms with Crippen LogP contribution in [-0.4, -0.2) is 65.9 Å². The molecule has 1 saturated heterocycles. The first-order valence-corrected chi connectivity index (χ1v) is 12.7. The minimum Gasteiger partial charge on any atom is -0.454 e. The Bertz CT molecular complexity index is 1130. The highest BCUT2D eigenvalue weighted by molar-refractivity contribution is 7.89. The summed E-state index contributed by atoms with van der Waals surface area (Å²) in [6.45, 7) is 7.07. The predicted octanol–water partition coefficient (Wildman–Crippen LogP) is 2.41. The van der Waals surface area contributed by atoms with Gasteiger partial charge >= 0.3 is 5.97 Å². The first kappa shape index (κ1) is 25.9. The minimum atomic E-state index is -4.04. The molecule has 2 atom stereocenters. The van der Waals surface area contributed by atoms with Crippen molar-refractivity contribution in [1.82, 2.24) is 9.21 Å². The second kappa shape index (κ2) is 10.7. The van der Waals surface area contributed by atoms with Gasteiger partial charge in [-0.1, -0.05) is 36.4 Å². The van der Waals surface area contributed by atoms with Gasteiger partial charge in [-0.15, -0.1) is 0 Å². The lowest BCUT2D eigenvalue weighted by Crippen LogP contribution is -2.43. The molecule has 0 aliphatic carbocycles. The van der Waals surface area contributed by atoms with E-state index in [0.29, 0.717) is 6.54 Å². The Labute approximate surface area is 201 Å². The first-order chi connectivity index (χ1) is 16.0. The maximum atomic E-state index is 13.2. The molecule has 3 rings (SSSR count). The summed E-state index contributed by atoms with van der Waals surface area (Å²) in [6, 6.07) is 12.9. The van der Waals surface area contributed by atoms with Crippen molar-refractivity contribution in [2.24, 2.45) is 0 Å². The molecule has 184 valence electrons. The number of rotatable bonds is 8. The summed E-state index contributed by atoms with van der Waals surface area (Å²) < 4.78 is 32.7. The van der Waals surface area contributed by atoms with Crippen molar-refractivity contribution in [3.05, 3.63) is 65.2 Å². The molecule has 0 saturated carbocycles. The summed E-state index contributed by atoms with van der Waals surface area (Å²) in [5.41, 5.74) is 2.69. The molecule has 9 heteroatoms. The number of amides is 1. The van der Waals surface area contributed by atoms with Gasteiger partial charge in [0.2, 0.25) is 10.0 Å². The van der Waals surface area contributed by atoms with Gasteiger partial charge in [0, 0.05) is 25.6 Å². The maximum absolute atomic E-state index is 13.2. The molecule has 0 bridgehead atoms. The average molecular weight is 489 g/mol. The largest absolute Gasteiger partial charge is 0.454 e. The summed E-state index contributed by atoms with van der Waals surface area (Å²) in [4.78, 5) is 27.3. The minimum absolute atomic E-state index is 0.0485. The van der Waals surface area contributed by atoms with Gasteiger partial charge in [0.05, 0.1) is 11.0 Å². The van der Waals surface area contributed by atoms with E-state index in [-0.39, 0.29) is 29.8 Å². The Kier molecular flexibility index (Phi) is 8.12. The molecule has 0 spiro atoms. The lowest BCUT2D eigenvalue weighted by molar-refractivity contribution is -0.155. The Morgan fingerprint density at radius 3 is 2.41 bits per heavy atom. The lowest BCUT2D eigenvalue weighted by atomic mass is 10.1. The summed E-state index contributed by atoms with van der Waals surface area (Å²) >= 11 is 0. The van der Waals surface area contributed by atoms with Crippen molar-refractivity contribution >= 4 is 21.9 Å². The van der Waals surface area contributed by atoms with E-state index in [4.69, 9.17) is 4.74 Å². The van der Waals surface area contributed by atoms with Gasteiger partial charge in [-0.3, -0.25) is 9.59 Å². The number of aliphatic hydroxyl groups excluding tert-OH is 1. The molecule has 1 fully saturated rings. The number of aryl methyl sites for hydroxylation is 2. The normalized spacial score (nSPS) is 18.8. The van der Waals surface area contributed by atoms with Crippen LogP contribution < -0.4 is 0 Å². The van der Waals surface area contributed by atoms with Crippen LogP contribution in [0.4, 0.5) is 0 Å². The number of hydrogen-bond acceptors (Lipinski definition) is 6. The van der Waals surface area contributed by atoms with Crippen molar-refractivity contribution in [3.8, 4) is 0 Å². The third kappa shape index (κ3) is 5.84. The SMILES string of the molecule is Cc1ccc(S(=O)(=O)N2CC(O)C[C@H]2C(=O)OCC(=O)N(Cc2ccccc2)C(C)C)cc1C. The lowest BCUT2D eigenvalue weighted by Gasteiger charge is -2.27. The molecule has 1 unspecified atom stereocenters. The fourth-order valence-electron chi connectivity index (χ4n) is 3.92. The number of hydrogen-bond donors (Lipinski definition) is 1. The van der Waals surface area contributed by atoms with Crippen LogP contribution in [0.3, 0.4) is 0 Å². The average Bonchev–Trinajstić information content (AvgIpc) is 3.20. The molecule has 2 aromatic rings. The van der Waals surface area contributed by atoms with Crippen LogP contribution in [0.15, 0.2) is 53.4 Å². The standard InChI is InChI=1S/C25H32N2O6S/c1-17(2)26(14-20-8-6-5-7-9-20)24(29)16-33-25(30)23-13-21(28)15-27(23)34(31,32)22-11-10-18(3)19(4)12-22/h5-12,17,21,23,28H,13-16H2,1-4H3/t21?,23-/m0/s1. The number of carbonyl (C=O) groups excluding carboxylic acids is 2. The van der Waals surface area contributed by atoms with Crippen LogP contribution in [0.1, 0.15) is 37.0 Å². The third-order valence-electron chi connectivity index (χ3n) is 6.07. The zero-order chi connectivity index (χ0) is 25.0. The number of benzene rings is 2. The van der Waals surface area contributed by atoms with E-state index in [1.54, 1.807) is 24.0 Å². The molecule has 0 aromatic heterocycles. The van der Waals surface area contributed by atoms with E-state index in [1.807, 2.05) is 51.1 Å². The van der Waals surface area contributed by atoms with Crippen LogP contribution in [0.2, 0.25) is 0 Å². The topological polar surface area (TPSA) is 104 Å². The number of aliphatic hydroxyl groups is 1. The zero-order valence-electron chi connectivity index (χ0n) is 20.0. The Hall–Kier alpha value is -2.75. The fraction of sp³-hybridized carbons (Fsp3) is 0.440. The van der Waals surface area contributed by atoms with Crippen molar-refractivity contribution in [2.45, 2.75) is 63.7 Å². The second-order valence-corrected chi connectivity index (χ2v) is 10.8. The zero-order valence-corrected chi connectivity index (χ0v) is 20.8. The number of ether oxygens (including phenoxy) is 1. The van der Waals surface area contributed by atoms with Crippen LogP contribution in [0.25, 0.3) is 0 Å². The first-order valence-electron chi connectivity index (χ1n) is 11.3. The van der Waals surface area contributed by atoms with E-state index < -0.39 is 34.7 Å². The van der Waals surface area contributed by atoms with Gasteiger partial charge in [0.25, 0.3) is 5.91 Å². The summed E-state index contributed by atoms with van der Waals surface area (Å²) in [6.07, 6.45) is -1.09. The number of nitrogens with zero attached hydrogens (tertiary/aromatic N) is 2. The van der Waals surface area contributed by atoms with Crippen molar-refractivity contribution in [3.63, 3.8) is 0 Å². The Morgan fingerprint density at radius 1 is 1.12 bits per heavy atom. The number of carbonyl (C=O) groups is 2. The van der Waals surface area contributed by atoms with Crippen molar-refractivity contribution in [2.75, 3.05) is 13.2 Å². The molecule has 34 heavy (non-hydrogen) atoms. The quantitative estimate of drug-likeness (QED) is 0.573. The van der Waals surface area contributed by atoms with E-state index in [0.717, 1.165) is 21.0 Å². The Morgan fingerprint density at radius 2 is 1.79 bits per heavy atom. The van der Waals surface area contributed by atoms with Crippen LogP contribution in [0, 0.1) is 13.8 Å². The summed E-state index contributed by atoms with van der Waals surface area (Å²) in [5, 5.41) is 10.1. The highest BCUT2D eigenvalue weighted by Crippen LogP contribution is 2.28. The predicted molar refractivity (Wildman–Crippen MR) is 127 cm³/mol. The molecule has 1 aliphatic heterocycles. The van der Waals surface area contributed by atoms with Gasteiger partial charge in [-0.2, -0.15) is 4.31 Å². The van der Waals surface area contributed by atoms with Crippen LogP contribution in [-0.2, 0) is 30.9 Å². The Balaban J connectivity index is 1.71. The molecule has 8 nitrogen and oxygen atoms in total. The number of esters is 1. The van der Waals surface area contributed by atoms with Crippen LogP contribution in [0.5, 0.6) is 0 Å². The van der Waals surface area contributed by atoms with Gasteiger partial charge in [0.1, 0.15) is 6.04 Å². The molecule has 1 amide bonds. The van der Waals surface area contributed by atoms with E-state index in [1.165, 1.54) is 6.07 Å². The maximum Gasteiger partial charge on any atom is 0.325 e. The molecule has 1 heterocycles. The smallest absolute Gasteiger partial charge is 0.325 e. The number of β-amino-alcohol motifs (C(OH)–C–C–N with tert-alkyl or cyclic N) is 1. The fourth-order valence-corrected chi connectivity index (χ4v) is 5.64. The molecule has 2 aromatic carbocycles. The second-order valence-electron chi connectivity index (χ2n) is 8.93. The molecule has 1 aliphatic rings. The van der Waals surface area contributed by atoms with Crippen molar-refractivity contribution < 1.29 is 27.9 Å². The molecule has 1 N–H and O–H groups in total. The molecular formula is C25H32N2O6S. The summed E-state index contributed by atoms with van der Waals surface area (Å²) in [5.74, 6) is -1.23. The third-order valence-corrected chi connectivity index (χ3v) is 7.94. The van der Waals surface area contributed by atoms with E-state index >= 15 is 0 Å². The van der Waals surface area contributed by atoms with Crippen molar-refractivity contribution in [1.29, 1.82) is 0 Å². The van der Waals surface area contributed by atoms with E-state index in [9.17, 15) is 23.1 Å². The van der Waals surface area contributed by atoms with E-state index in [2.05, 4.69) is 0 Å². The summed E-state index contributed by atoms with van der Waals surface area (Å²) in [7, 11) is -4.04. The van der Waals surface area contributed by atoms with Gasteiger partial charge in [-0.25, -0.2) is 8.42 Å². The highest BCUT2D eigenvalue weighted by Gasteiger charge is 2.44. The monoisotopic (exact) mass is 488 g/mol. The van der Waals surface area contributed by atoms with Gasteiger partial charge in [0.15, 0.2) is 6.61 Å². The van der Waals surface area contributed by atoms with Gasteiger partial charge in [-0.05, 0) is 56.5 Å². The molecular weight excluding hydrogens is 456 g/mol. The highest BCUT2D eigenvalue weighted by atomic mass is 32.2. The van der Waals surface area contributed by atoms with Gasteiger partial charge < -0.3 is 14.7 Å². The van der Waals surface area contributed by atoms with Crippen LogP contribution >= 0.6 is 0 Å². The molecule has 0 radical (unpaired) electrons.